The molecular formula is C23H26N4O5. The van der Waals surface area contributed by atoms with Crippen molar-refractivity contribution in [1.29, 1.82) is 0 Å². The van der Waals surface area contributed by atoms with Gasteiger partial charge >= 0.3 is 0 Å². The number of ether oxygens (including phenoxy) is 1. The lowest BCUT2D eigenvalue weighted by Gasteiger charge is -2.36. The van der Waals surface area contributed by atoms with Gasteiger partial charge in [0.05, 0.1) is 12.0 Å². The van der Waals surface area contributed by atoms with Crippen LogP contribution in [0.2, 0.25) is 0 Å². The number of benzene rings is 2. The standard InChI is InChI=1S/C23H26N4O5/c1-17(24-22(28)12-9-18-7-10-19(32-2)11-8-18)23(29)26-15-13-25(14-16-26)20-5-3-4-6-21(20)27(30)31/h3-12,17H,13-16H2,1-2H3,(H,24,28)/b12-9+. The zero-order chi connectivity index (χ0) is 23.1. The highest BCUT2D eigenvalue weighted by molar-refractivity contribution is 5.95. The van der Waals surface area contributed by atoms with Crippen LogP contribution in [0.4, 0.5) is 11.4 Å². The van der Waals surface area contributed by atoms with E-state index in [1.165, 1.54) is 12.1 Å². The SMILES string of the molecule is COc1ccc(/C=C/C(=O)NC(C)C(=O)N2CCN(c3ccccc3[N+](=O)[O-])CC2)cc1. The van der Waals surface area contributed by atoms with E-state index in [0.717, 1.165) is 11.3 Å². The van der Waals surface area contributed by atoms with E-state index in [1.807, 2.05) is 17.0 Å². The molecule has 2 amide bonds. The van der Waals surface area contributed by atoms with Crippen molar-refractivity contribution in [1.82, 2.24) is 10.2 Å². The number of hydrogen-bond donors (Lipinski definition) is 1. The topological polar surface area (TPSA) is 105 Å². The van der Waals surface area contributed by atoms with Crippen molar-refractivity contribution in [3.05, 3.63) is 70.3 Å². The van der Waals surface area contributed by atoms with Gasteiger partial charge in [-0.05, 0) is 36.8 Å². The normalized spacial score (nSPS) is 14.8. The van der Waals surface area contributed by atoms with Gasteiger partial charge in [0, 0.05) is 38.3 Å². The fourth-order valence-corrected chi connectivity index (χ4v) is 3.54. The summed E-state index contributed by atoms with van der Waals surface area (Å²) in [4.78, 5) is 39.4. The molecule has 32 heavy (non-hydrogen) atoms. The van der Waals surface area contributed by atoms with Gasteiger partial charge in [-0.2, -0.15) is 0 Å². The number of nitrogens with one attached hydrogen (secondary N) is 1. The second-order valence-electron chi connectivity index (χ2n) is 7.39. The maximum atomic E-state index is 12.7. The first-order chi connectivity index (χ1) is 15.4. The minimum absolute atomic E-state index is 0.0524. The smallest absolute Gasteiger partial charge is 0.292 e. The lowest BCUT2D eigenvalue weighted by molar-refractivity contribution is -0.384. The predicted molar refractivity (Wildman–Crippen MR) is 122 cm³/mol. The Labute approximate surface area is 186 Å². The number of nitrogens with zero attached hydrogens (tertiary/aromatic N) is 3. The number of nitro benzene ring substituents is 1. The van der Waals surface area contributed by atoms with E-state index in [0.29, 0.717) is 31.9 Å². The van der Waals surface area contributed by atoms with E-state index in [4.69, 9.17) is 4.74 Å². The summed E-state index contributed by atoms with van der Waals surface area (Å²) >= 11 is 0. The van der Waals surface area contributed by atoms with Crippen LogP contribution in [0.15, 0.2) is 54.6 Å². The molecule has 9 heteroatoms. The quantitative estimate of drug-likeness (QED) is 0.405. The van der Waals surface area contributed by atoms with Crippen LogP contribution in [0, 0.1) is 10.1 Å². The maximum absolute atomic E-state index is 12.7. The number of nitro groups is 1. The Bertz CT molecular complexity index is 998. The van der Waals surface area contributed by atoms with Gasteiger partial charge in [0.25, 0.3) is 5.69 Å². The molecule has 0 bridgehead atoms. The Morgan fingerprint density at radius 3 is 2.38 bits per heavy atom. The van der Waals surface area contributed by atoms with Gasteiger partial charge in [-0.3, -0.25) is 19.7 Å². The molecule has 0 radical (unpaired) electrons. The molecule has 9 nitrogen and oxygen atoms in total. The van der Waals surface area contributed by atoms with Crippen molar-refractivity contribution in [2.24, 2.45) is 0 Å². The van der Waals surface area contributed by atoms with Crippen LogP contribution < -0.4 is 15.0 Å². The summed E-state index contributed by atoms with van der Waals surface area (Å²) in [6, 6.07) is 13.2. The van der Waals surface area contributed by atoms with E-state index < -0.39 is 11.0 Å². The van der Waals surface area contributed by atoms with Gasteiger partial charge in [-0.25, -0.2) is 0 Å². The second-order valence-corrected chi connectivity index (χ2v) is 7.39. The van der Waals surface area contributed by atoms with Gasteiger partial charge in [0.15, 0.2) is 0 Å². The molecule has 0 saturated carbocycles. The van der Waals surface area contributed by atoms with E-state index in [9.17, 15) is 19.7 Å². The third kappa shape index (κ3) is 5.63. The highest BCUT2D eigenvalue weighted by atomic mass is 16.6. The van der Waals surface area contributed by atoms with Crippen molar-refractivity contribution in [3.63, 3.8) is 0 Å². The Kier molecular flexibility index (Phi) is 7.43. The number of methoxy groups -OCH3 is 1. The maximum Gasteiger partial charge on any atom is 0.292 e. The van der Waals surface area contributed by atoms with Gasteiger partial charge in [-0.1, -0.05) is 24.3 Å². The van der Waals surface area contributed by atoms with Crippen LogP contribution >= 0.6 is 0 Å². The molecule has 2 aromatic rings. The molecule has 2 aromatic carbocycles. The van der Waals surface area contributed by atoms with Crippen LogP contribution in [0.25, 0.3) is 6.08 Å². The average Bonchev–Trinajstić information content (AvgIpc) is 2.82. The van der Waals surface area contributed by atoms with E-state index in [2.05, 4.69) is 5.32 Å². The summed E-state index contributed by atoms with van der Waals surface area (Å²) in [5.74, 6) is 0.186. The molecule has 168 valence electrons. The summed E-state index contributed by atoms with van der Waals surface area (Å²) in [6.45, 7) is 3.46. The first-order valence-corrected chi connectivity index (χ1v) is 10.3. The molecule has 1 atom stereocenters. The van der Waals surface area contributed by atoms with Gasteiger partial charge < -0.3 is 19.9 Å². The molecule has 1 aliphatic rings. The summed E-state index contributed by atoms with van der Waals surface area (Å²) < 4.78 is 5.10. The third-order valence-electron chi connectivity index (χ3n) is 5.28. The number of hydrogen-bond acceptors (Lipinski definition) is 6. The largest absolute Gasteiger partial charge is 0.497 e. The Morgan fingerprint density at radius 2 is 1.75 bits per heavy atom. The fraction of sp³-hybridized carbons (Fsp3) is 0.304. The minimum atomic E-state index is -0.680. The summed E-state index contributed by atoms with van der Waals surface area (Å²) in [6.07, 6.45) is 3.05. The Balaban J connectivity index is 1.51. The number of rotatable bonds is 7. The van der Waals surface area contributed by atoms with Gasteiger partial charge in [0.1, 0.15) is 17.5 Å². The number of amides is 2. The number of carbonyl (C=O) groups is 2. The van der Waals surface area contributed by atoms with E-state index in [-0.39, 0.29) is 17.5 Å². The van der Waals surface area contributed by atoms with Crippen LogP contribution in [-0.4, -0.2) is 61.0 Å². The zero-order valence-electron chi connectivity index (χ0n) is 18.1. The molecule has 1 heterocycles. The first kappa shape index (κ1) is 22.8. The summed E-state index contributed by atoms with van der Waals surface area (Å²) in [7, 11) is 1.59. The molecule has 3 rings (SSSR count). The summed E-state index contributed by atoms with van der Waals surface area (Å²) in [5, 5.41) is 14.0. The monoisotopic (exact) mass is 438 g/mol. The fourth-order valence-electron chi connectivity index (χ4n) is 3.54. The average molecular weight is 438 g/mol. The van der Waals surface area contributed by atoms with Crippen molar-refractivity contribution in [2.45, 2.75) is 13.0 Å². The molecule has 0 spiro atoms. The molecule has 1 aliphatic heterocycles. The van der Waals surface area contributed by atoms with Crippen molar-refractivity contribution in [2.75, 3.05) is 38.2 Å². The second kappa shape index (κ2) is 10.4. The highest BCUT2D eigenvalue weighted by Crippen LogP contribution is 2.28. The number of piperazine rings is 1. The van der Waals surface area contributed by atoms with E-state index in [1.54, 1.807) is 55.3 Å². The number of anilines is 1. The summed E-state index contributed by atoms with van der Waals surface area (Å²) in [5.41, 5.74) is 1.44. The van der Waals surface area contributed by atoms with Crippen LogP contribution in [-0.2, 0) is 9.59 Å². The molecule has 1 saturated heterocycles. The zero-order valence-corrected chi connectivity index (χ0v) is 18.1. The number of carbonyl (C=O) groups excluding carboxylic acids is 2. The molecule has 0 aromatic heterocycles. The first-order valence-electron chi connectivity index (χ1n) is 10.3. The van der Waals surface area contributed by atoms with Gasteiger partial charge in [-0.15, -0.1) is 0 Å². The molecule has 1 unspecified atom stereocenters. The lowest BCUT2D eigenvalue weighted by atomic mass is 10.2. The predicted octanol–water partition coefficient (Wildman–Crippen LogP) is 2.47. The molecule has 1 fully saturated rings. The van der Waals surface area contributed by atoms with Crippen molar-refractivity contribution >= 4 is 29.3 Å². The van der Waals surface area contributed by atoms with Gasteiger partial charge in [0.2, 0.25) is 11.8 Å². The number of para-hydroxylation sites is 2. The van der Waals surface area contributed by atoms with E-state index >= 15 is 0 Å². The Hall–Kier alpha value is -3.88. The van der Waals surface area contributed by atoms with Crippen molar-refractivity contribution in [3.8, 4) is 5.75 Å². The molecule has 1 N–H and O–H groups in total. The minimum Gasteiger partial charge on any atom is -0.497 e. The molecule has 0 aliphatic carbocycles. The van der Waals surface area contributed by atoms with Crippen LogP contribution in [0.3, 0.4) is 0 Å². The molecular weight excluding hydrogens is 412 g/mol. The van der Waals surface area contributed by atoms with Crippen LogP contribution in [0.5, 0.6) is 5.75 Å². The third-order valence-corrected chi connectivity index (χ3v) is 5.28. The van der Waals surface area contributed by atoms with Crippen LogP contribution in [0.1, 0.15) is 12.5 Å². The van der Waals surface area contributed by atoms with Crippen molar-refractivity contribution < 1.29 is 19.2 Å². The Morgan fingerprint density at radius 1 is 1.09 bits per heavy atom. The highest BCUT2D eigenvalue weighted by Gasteiger charge is 2.28. The lowest BCUT2D eigenvalue weighted by Crippen LogP contribution is -2.54.